The fourth-order valence-corrected chi connectivity index (χ4v) is 4.75. The number of ether oxygens (including phenoxy) is 1. The molecular weight excluding hydrogens is 448 g/mol. The van der Waals surface area contributed by atoms with Gasteiger partial charge in [-0.05, 0) is 34.6 Å². The van der Waals surface area contributed by atoms with E-state index in [4.69, 9.17) is 4.74 Å². The lowest BCUT2D eigenvalue weighted by atomic mass is 9.98. The van der Waals surface area contributed by atoms with Crippen molar-refractivity contribution in [1.29, 1.82) is 0 Å². The van der Waals surface area contributed by atoms with Gasteiger partial charge in [0.2, 0.25) is 5.91 Å². The minimum Gasteiger partial charge on any atom is -0.480 e. The van der Waals surface area contributed by atoms with Crippen molar-refractivity contribution in [2.75, 3.05) is 13.2 Å². The Kier molecular flexibility index (Phi) is 6.22. The number of aromatic nitrogens is 2. The maximum atomic E-state index is 12.5. The average molecular weight is 475 g/mol. The molecule has 4 N–H and O–H groups in total. The smallest absolute Gasteiger partial charge is 0.407 e. The van der Waals surface area contributed by atoms with Crippen LogP contribution in [0.5, 0.6) is 0 Å². The van der Waals surface area contributed by atoms with Crippen molar-refractivity contribution in [3.63, 3.8) is 0 Å². The van der Waals surface area contributed by atoms with Crippen LogP contribution in [0.2, 0.25) is 0 Å². The molecule has 0 aliphatic heterocycles. The topological polar surface area (TPSA) is 133 Å². The Hall–Kier alpha value is -4.14. The quantitative estimate of drug-likeness (QED) is 0.377. The molecule has 1 aromatic heterocycles. The SMILES string of the molecule is O=C(NCC1CC1C(=O)N[C@@H](Cc1cnc[nH]1)C(=O)O)OCC1c2ccccc2-c2ccccc21. The maximum absolute atomic E-state index is 12.5. The molecule has 1 fully saturated rings. The summed E-state index contributed by atoms with van der Waals surface area (Å²) in [7, 11) is 0. The van der Waals surface area contributed by atoms with E-state index >= 15 is 0 Å². The molecular formula is C26H26N4O5. The molecule has 5 rings (SSSR count). The van der Waals surface area contributed by atoms with Crippen LogP contribution in [0.25, 0.3) is 11.1 Å². The first-order valence-electron chi connectivity index (χ1n) is 11.6. The highest BCUT2D eigenvalue weighted by molar-refractivity contribution is 5.87. The van der Waals surface area contributed by atoms with Gasteiger partial charge in [-0.25, -0.2) is 14.6 Å². The van der Waals surface area contributed by atoms with Gasteiger partial charge in [-0.15, -0.1) is 0 Å². The molecule has 180 valence electrons. The highest BCUT2D eigenvalue weighted by Crippen LogP contribution is 2.44. The number of carbonyl (C=O) groups excluding carboxylic acids is 2. The van der Waals surface area contributed by atoms with Gasteiger partial charge in [0, 0.05) is 36.7 Å². The number of hydrogen-bond donors (Lipinski definition) is 4. The highest BCUT2D eigenvalue weighted by atomic mass is 16.5. The first-order valence-corrected chi connectivity index (χ1v) is 11.6. The standard InChI is InChI=1S/C26H26N4O5/c31-24(30-23(25(32)33)10-16-12-27-14-29-16)21-9-15(21)11-28-26(34)35-13-22-19-7-3-1-5-17(19)18-6-2-4-8-20(18)22/h1-8,12,14-15,21-23H,9-11,13H2,(H,27,29)(H,28,34)(H,30,31)(H,32,33)/t15?,21?,23-/m0/s1. The van der Waals surface area contributed by atoms with Crippen molar-refractivity contribution in [2.45, 2.75) is 24.8 Å². The minimum atomic E-state index is -1.11. The summed E-state index contributed by atoms with van der Waals surface area (Å²) in [6.07, 6.45) is 3.17. The second-order valence-electron chi connectivity index (χ2n) is 8.99. The number of nitrogens with one attached hydrogen (secondary N) is 3. The summed E-state index contributed by atoms with van der Waals surface area (Å²) < 4.78 is 5.53. The monoisotopic (exact) mass is 474 g/mol. The Morgan fingerprint density at radius 2 is 1.77 bits per heavy atom. The van der Waals surface area contributed by atoms with Crippen molar-refractivity contribution < 1.29 is 24.2 Å². The Morgan fingerprint density at radius 1 is 1.09 bits per heavy atom. The summed E-state index contributed by atoms with van der Waals surface area (Å²) in [6.45, 7) is 0.523. The molecule has 2 amide bonds. The summed E-state index contributed by atoms with van der Waals surface area (Å²) in [5.74, 6) is -1.82. The van der Waals surface area contributed by atoms with Crippen LogP contribution in [0.3, 0.4) is 0 Å². The second-order valence-corrected chi connectivity index (χ2v) is 8.99. The van der Waals surface area contributed by atoms with Gasteiger partial charge in [0.1, 0.15) is 12.6 Å². The summed E-state index contributed by atoms with van der Waals surface area (Å²) in [6, 6.07) is 15.2. The Balaban J connectivity index is 1.09. The molecule has 2 aliphatic rings. The van der Waals surface area contributed by atoms with Crippen LogP contribution in [-0.4, -0.2) is 52.2 Å². The molecule has 3 atom stereocenters. The lowest BCUT2D eigenvalue weighted by Crippen LogP contribution is -2.43. The zero-order chi connectivity index (χ0) is 24.4. The van der Waals surface area contributed by atoms with E-state index in [9.17, 15) is 19.5 Å². The number of amides is 2. The molecule has 2 aromatic carbocycles. The van der Waals surface area contributed by atoms with Gasteiger partial charge in [0.25, 0.3) is 0 Å². The molecule has 9 nitrogen and oxygen atoms in total. The Morgan fingerprint density at radius 3 is 2.40 bits per heavy atom. The normalized spacial score (nSPS) is 18.7. The van der Waals surface area contributed by atoms with E-state index in [0.717, 1.165) is 22.3 Å². The van der Waals surface area contributed by atoms with Crippen LogP contribution in [-0.2, 0) is 20.7 Å². The van der Waals surface area contributed by atoms with Crippen molar-refractivity contribution >= 4 is 18.0 Å². The molecule has 35 heavy (non-hydrogen) atoms. The number of carbonyl (C=O) groups is 3. The van der Waals surface area contributed by atoms with Gasteiger partial charge in [0.05, 0.1) is 6.33 Å². The number of aromatic amines is 1. The molecule has 2 aliphatic carbocycles. The van der Waals surface area contributed by atoms with E-state index in [0.29, 0.717) is 18.7 Å². The average Bonchev–Trinajstić information content (AvgIpc) is 3.32. The number of hydrogen-bond acceptors (Lipinski definition) is 5. The highest BCUT2D eigenvalue weighted by Gasteiger charge is 2.44. The van der Waals surface area contributed by atoms with Crippen LogP contribution < -0.4 is 10.6 Å². The summed E-state index contributed by atoms with van der Waals surface area (Å²) in [5.41, 5.74) is 5.24. The number of nitrogens with zero attached hydrogens (tertiary/aromatic N) is 1. The van der Waals surface area contributed by atoms with Crippen LogP contribution in [0, 0.1) is 11.8 Å². The minimum absolute atomic E-state index is 0.0181. The molecule has 1 heterocycles. The molecule has 1 saturated carbocycles. The van der Waals surface area contributed by atoms with Gasteiger partial charge in [-0.2, -0.15) is 0 Å². The Labute approximate surface area is 201 Å². The summed E-state index contributed by atoms with van der Waals surface area (Å²) in [5, 5.41) is 14.7. The number of H-pyrrole nitrogens is 1. The number of carboxylic acid groups (broad SMARTS) is 1. The molecule has 0 radical (unpaired) electrons. The number of rotatable bonds is 9. The molecule has 0 spiro atoms. The summed E-state index contributed by atoms with van der Waals surface area (Å²) >= 11 is 0. The first-order chi connectivity index (χ1) is 17.0. The van der Waals surface area contributed by atoms with Crippen molar-refractivity contribution in [2.24, 2.45) is 11.8 Å². The van der Waals surface area contributed by atoms with Gasteiger partial charge in [-0.3, -0.25) is 4.79 Å². The Bertz CT molecular complexity index is 1200. The number of imidazole rings is 1. The first kappa shape index (κ1) is 22.6. The number of benzene rings is 2. The van der Waals surface area contributed by atoms with E-state index in [1.54, 1.807) is 0 Å². The molecule has 2 unspecified atom stereocenters. The van der Waals surface area contributed by atoms with Crippen LogP contribution in [0.15, 0.2) is 61.1 Å². The second kappa shape index (κ2) is 9.61. The maximum Gasteiger partial charge on any atom is 0.407 e. The number of aliphatic carboxylic acids is 1. The molecule has 3 aromatic rings. The largest absolute Gasteiger partial charge is 0.480 e. The fourth-order valence-electron chi connectivity index (χ4n) is 4.75. The van der Waals surface area contributed by atoms with E-state index in [-0.39, 0.29) is 36.7 Å². The third kappa shape index (κ3) is 4.89. The van der Waals surface area contributed by atoms with Crippen LogP contribution >= 0.6 is 0 Å². The van der Waals surface area contributed by atoms with E-state index < -0.39 is 18.1 Å². The van der Waals surface area contributed by atoms with Gasteiger partial charge in [-0.1, -0.05) is 48.5 Å². The number of carboxylic acids is 1. The third-order valence-electron chi connectivity index (χ3n) is 6.71. The zero-order valence-corrected chi connectivity index (χ0v) is 18.9. The lowest BCUT2D eigenvalue weighted by molar-refractivity contribution is -0.142. The van der Waals surface area contributed by atoms with Gasteiger partial charge >= 0.3 is 12.1 Å². The fraction of sp³-hybridized carbons (Fsp3) is 0.308. The van der Waals surface area contributed by atoms with Crippen LogP contribution in [0.4, 0.5) is 4.79 Å². The van der Waals surface area contributed by atoms with Crippen molar-refractivity contribution in [3.05, 3.63) is 77.9 Å². The molecule has 0 saturated heterocycles. The third-order valence-corrected chi connectivity index (χ3v) is 6.71. The van der Waals surface area contributed by atoms with E-state index in [2.05, 4.69) is 44.9 Å². The number of fused-ring (bicyclic) bond motifs is 3. The van der Waals surface area contributed by atoms with E-state index in [1.165, 1.54) is 12.5 Å². The zero-order valence-electron chi connectivity index (χ0n) is 18.9. The van der Waals surface area contributed by atoms with Gasteiger partial charge in [0.15, 0.2) is 0 Å². The van der Waals surface area contributed by atoms with E-state index in [1.807, 2.05) is 24.3 Å². The van der Waals surface area contributed by atoms with Crippen LogP contribution in [0.1, 0.15) is 29.2 Å². The van der Waals surface area contributed by atoms with Crippen molar-refractivity contribution in [3.8, 4) is 11.1 Å². The number of alkyl carbamates (subject to hydrolysis) is 1. The van der Waals surface area contributed by atoms with Crippen molar-refractivity contribution in [1.82, 2.24) is 20.6 Å². The predicted molar refractivity (Wildman–Crippen MR) is 127 cm³/mol. The molecule has 9 heteroatoms. The summed E-state index contributed by atoms with van der Waals surface area (Å²) in [4.78, 5) is 43.1. The van der Waals surface area contributed by atoms with Gasteiger partial charge < -0.3 is 25.5 Å². The lowest BCUT2D eigenvalue weighted by Gasteiger charge is -2.15. The predicted octanol–water partition coefficient (Wildman–Crippen LogP) is 2.70. The molecule has 0 bridgehead atoms.